The van der Waals surface area contributed by atoms with Gasteiger partial charge < -0.3 is 18.9 Å². The van der Waals surface area contributed by atoms with Gasteiger partial charge in [0.05, 0.1) is 39.6 Å². The van der Waals surface area contributed by atoms with Gasteiger partial charge in [-0.05, 0) is 0 Å². The molecule has 0 atom stereocenters. The molecule has 0 N–H and O–H groups in total. The van der Waals surface area contributed by atoms with Gasteiger partial charge in [-0.25, -0.2) is 0 Å². The van der Waals surface area contributed by atoms with Crippen molar-refractivity contribution in [2.75, 3.05) is 28.4 Å². The van der Waals surface area contributed by atoms with E-state index in [0.29, 0.717) is 34.5 Å². The first-order chi connectivity index (χ1) is 8.69. The molecule has 0 spiro atoms. The fourth-order valence-electron chi connectivity index (χ4n) is 1.91. The highest BCUT2D eigenvalue weighted by Gasteiger charge is 2.25. The van der Waals surface area contributed by atoms with Gasteiger partial charge in [-0.3, -0.25) is 0 Å². The molecule has 0 saturated carbocycles. The summed E-state index contributed by atoms with van der Waals surface area (Å²) in [5.41, 5.74) is 1.59. The maximum absolute atomic E-state index is 5.40. The summed E-state index contributed by atoms with van der Waals surface area (Å²) < 4.78 is 21.6. The summed E-state index contributed by atoms with van der Waals surface area (Å²) in [6, 6.07) is 0. The number of hydrogen-bond acceptors (Lipinski definition) is 6. The average Bonchev–Trinajstić information content (AvgIpc) is 2.43. The molecule has 0 heterocycles. The van der Waals surface area contributed by atoms with Crippen LogP contribution in [0.1, 0.15) is 11.1 Å². The minimum atomic E-state index is 0.450. The Morgan fingerprint density at radius 1 is 0.611 bits per heavy atom. The lowest BCUT2D eigenvalue weighted by molar-refractivity contribution is 0.321. The van der Waals surface area contributed by atoms with Crippen LogP contribution in [-0.4, -0.2) is 28.4 Å². The Bertz CT molecular complexity index is 301. The van der Waals surface area contributed by atoms with Crippen LogP contribution in [0.25, 0.3) is 0 Å². The second-order valence-corrected chi connectivity index (χ2v) is 4.04. The van der Waals surface area contributed by atoms with Crippen molar-refractivity contribution >= 4 is 25.3 Å². The third kappa shape index (κ3) is 2.44. The molecule has 0 aliphatic heterocycles. The van der Waals surface area contributed by atoms with Crippen molar-refractivity contribution in [1.82, 2.24) is 0 Å². The Morgan fingerprint density at radius 2 is 0.833 bits per heavy atom. The van der Waals surface area contributed by atoms with E-state index in [-0.39, 0.29) is 0 Å². The minimum absolute atomic E-state index is 0.450. The lowest BCUT2D eigenvalue weighted by Gasteiger charge is -2.21. The van der Waals surface area contributed by atoms with E-state index in [9.17, 15) is 0 Å². The summed E-state index contributed by atoms with van der Waals surface area (Å²) in [6.45, 7) is 0. The van der Waals surface area contributed by atoms with Gasteiger partial charge in [0.25, 0.3) is 0 Å². The van der Waals surface area contributed by atoms with Crippen LogP contribution in [0.5, 0.6) is 23.0 Å². The lowest BCUT2D eigenvalue weighted by atomic mass is 10.1. The molecule has 102 valence electrons. The van der Waals surface area contributed by atoms with Gasteiger partial charge in [-0.15, -0.1) is 0 Å². The number of hydrogen-bond donors (Lipinski definition) is 2. The normalized spacial score (nSPS) is 10.1. The topological polar surface area (TPSA) is 36.9 Å². The van der Waals surface area contributed by atoms with E-state index >= 15 is 0 Å². The molecule has 0 saturated heterocycles. The van der Waals surface area contributed by atoms with Crippen molar-refractivity contribution in [3.63, 3.8) is 0 Å². The summed E-state index contributed by atoms with van der Waals surface area (Å²) >= 11 is 8.61. The molecule has 0 fully saturated rings. The summed E-state index contributed by atoms with van der Waals surface area (Å²) in [4.78, 5) is 0. The van der Waals surface area contributed by atoms with Crippen molar-refractivity contribution in [3.05, 3.63) is 11.1 Å². The summed E-state index contributed by atoms with van der Waals surface area (Å²) in [5, 5.41) is 0. The monoisotopic (exact) mass is 290 g/mol. The molecular formula is C12H18O4S2. The summed E-state index contributed by atoms with van der Waals surface area (Å²) in [5.74, 6) is 3.32. The molecule has 18 heavy (non-hydrogen) atoms. The van der Waals surface area contributed by atoms with Crippen LogP contribution in [-0.2, 0) is 11.5 Å². The van der Waals surface area contributed by atoms with Crippen molar-refractivity contribution in [1.29, 1.82) is 0 Å². The molecule has 1 aromatic rings. The number of methoxy groups -OCH3 is 4. The van der Waals surface area contributed by atoms with Crippen LogP contribution in [0, 0.1) is 0 Å². The highest BCUT2D eigenvalue weighted by molar-refractivity contribution is 7.79. The predicted molar refractivity (Wildman–Crippen MR) is 78.0 cm³/mol. The molecule has 0 aliphatic rings. The summed E-state index contributed by atoms with van der Waals surface area (Å²) in [6.07, 6.45) is 0. The van der Waals surface area contributed by atoms with Crippen LogP contribution in [0.3, 0.4) is 0 Å². The van der Waals surface area contributed by atoms with Gasteiger partial charge in [0.1, 0.15) is 0 Å². The van der Waals surface area contributed by atoms with Crippen LogP contribution in [0.2, 0.25) is 0 Å². The van der Waals surface area contributed by atoms with Crippen molar-refractivity contribution < 1.29 is 18.9 Å². The number of rotatable bonds is 6. The third-order valence-electron chi connectivity index (χ3n) is 2.64. The molecule has 0 unspecified atom stereocenters. The van der Waals surface area contributed by atoms with Crippen LogP contribution in [0.15, 0.2) is 0 Å². The molecule has 1 rings (SSSR count). The van der Waals surface area contributed by atoms with Crippen molar-refractivity contribution in [2.24, 2.45) is 0 Å². The average molecular weight is 290 g/mol. The molecule has 0 aromatic heterocycles. The molecule has 0 amide bonds. The zero-order valence-electron chi connectivity index (χ0n) is 10.9. The molecule has 0 aliphatic carbocycles. The fourth-order valence-corrected chi connectivity index (χ4v) is 2.48. The highest BCUT2D eigenvalue weighted by atomic mass is 32.1. The largest absolute Gasteiger partial charge is 0.492 e. The number of thiol groups is 2. The van der Waals surface area contributed by atoms with E-state index in [1.165, 1.54) is 0 Å². The molecule has 0 bridgehead atoms. The smallest absolute Gasteiger partial charge is 0.169 e. The van der Waals surface area contributed by atoms with Crippen LogP contribution >= 0.6 is 25.3 Å². The Labute approximate surface area is 118 Å². The zero-order valence-corrected chi connectivity index (χ0v) is 12.7. The maximum Gasteiger partial charge on any atom is 0.169 e. The molecular weight excluding hydrogens is 272 g/mol. The van der Waals surface area contributed by atoms with E-state index in [2.05, 4.69) is 25.3 Å². The van der Waals surface area contributed by atoms with Gasteiger partial charge in [0, 0.05) is 11.5 Å². The van der Waals surface area contributed by atoms with E-state index < -0.39 is 0 Å². The first kappa shape index (κ1) is 15.2. The number of benzene rings is 1. The first-order valence-corrected chi connectivity index (χ1v) is 6.55. The Morgan fingerprint density at radius 3 is 0.944 bits per heavy atom. The Kier molecular flexibility index (Phi) is 5.81. The van der Waals surface area contributed by atoms with Gasteiger partial charge in [0.2, 0.25) is 0 Å². The second kappa shape index (κ2) is 6.89. The van der Waals surface area contributed by atoms with Crippen LogP contribution < -0.4 is 18.9 Å². The SMILES string of the molecule is COc1c(CS)c(OC)c(OC)c(CS)c1OC. The summed E-state index contributed by atoms with van der Waals surface area (Å²) in [7, 11) is 6.33. The van der Waals surface area contributed by atoms with Gasteiger partial charge in [-0.2, -0.15) is 25.3 Å². The molecule has 4 nitrogen and oxygen atoms in total. The van der Waals surface area contributed by atoms with Gasteiger partial charge in [0.15, 0.2) is 23.0 Å². The van der Waals surface area contributed by atoms with Crippen LogP contribution in [0.4, 0.5) is 0 Å². The fraction of sp³-hybridized carbons (Fsp3) is 0.500. The van der Waals surface area contributed by atoms with Gasteiger partial charge >= 0.3 is 0 Å². The number of ether oxygens (including phenoxy) is 4. The van der Waals surface area contributed by atoms with Crippen molar-refractivity contribution in [2.45, 2.75) is 11.5 Å². The Balaban J connectivity index is 3.71. The van der Waals surface area contributed by atoms with E-state index in [1.807, 2.05) is 0 Å². The predicted octanol–water partition coefficient (Wildman–Crippen LogP) is 2.58. The first-order valence-electron chi connectivity index (χ1n) is 5.29. The van der Waals surface area contributed by atoms with Gasteiger partial charge in [-0.1, -0.05) is 0 Å². The minimum Gasteiger partial charge on any atom is -0.492 e. The zero-order chi connectivity index (χ0) is 13.7. The quantitative estimate of drug-likeness (QED) is 0.790. The Hall–Kier alpha value is -0.880. The maximum atomic E-state index is 5.40. The van der Waals surface area contributed by atoms with E-state index in [0.717, 1.165) is 11.1 Å². The highest BCUT2D eigenvalue weighted by Crippen LogP contribution is 2.49. The lowest BCUT2D eigenvalue weighted by Crippen LogP contribution is -2.05. The molecule has 1 aromatic carbocycles. The second-order valence-electron chi connectivity index (χ2n) is 3.41. The third-order valence-corrected chi connectivity index (χ3v) is 3.27. The molecule has 0 radical (unpaired) electrons. The van der Waals surface area contributed by atoms with E-state index in [1.54, 1.807) is 28.4 Å². The van der Waals surface area contributed by atoms with E-state index in [4.69, 9.17) is 18.9 Å². The van der Waals surface area contributed by atoms with Crippen molar-refractivity contribution in [3.8, 4) is 23.0 Å². The standard InChI is InChI=1S/C12H18O4S2/c1-13-9-7(5-17)11(15-3)12(16-4)8(6-18)10(9)14-2/h17-18H,5-6H2,1-4H3. The molecule has 6 heteroatoms.